The number of aromatic nitrogens is 1. The molecule has 1 aliphatic heterocycles. The van der Waals surface area contributed by atoms with E-state index in [1.165, 1.54) is 0 Å². The Morgan fingerprint density at radius 2 is 2.55 bits per heavy atom. The van der Waals surface area contributed by atoms with E-state index in [9.17, 15) is 0 Å². The normalized spacial score (nSPS) is 18.0. The molecule has 11 heavy (non-hydrogen) atoms. The van der Waals surface area contributed by atoms with Gasteiger partial charge in [-0.15, -0.1) is 0 Å². The highest BCUT2D eigenvalue weighted by Crippen LogP contribution is 2.22. The predicted octanol–water partition coefficient (Wildman–Crippen LogP) is 0.652. The molecule has 4 heteroatoms. The summed E-state index contributed by atoms with van der Waals surface area (Å²) >= 11 is 0. The van der Waals surface area contributed by atoms with Gasteiger partial charge in [0.15, 0.2) is 0 Å². The molecular formula is C7H6N2O2. The molecule has 0 aliphatic carbocycles. The maximum Gasteiger partial charge on any atom is 0.147 e. The van der Waals surface area contributed by atoms with E-state index in [0.29, 0.717) is 18.1 Å². The van der Waals surface area contributed by atoms with Gasteiger partial charge in [0.2, 0.25) is 0 Å². The summed E-state index contributed by atoms with van der Waals surface area (Å²) in [5, 5.41) is 11.6. The Balaban J connectivity index is 2.55. The van der Waals surface area contributed by atoms with Crippen molar-refractivity contribution in [2.45, 2.75) is 0 Å². The standard InChI is InChI=1S/C7H6N2O2/c10-9-6-4-11-7-3-8-2-1-5(6)7/h1-3,10H,4H2/b9-6-. The van der Waals surface area contributed by atoms with Crippen molar-refractivity contribution < 1.29 is 9.94 Å². The quantitative estimate of drug-likeness (QED) is 0.436. The Bertz CT molecular complexity index is 309. The summed E-state index contributed by atoms with van der Waals surface area (Å²) in [6.07, 6.45) is 3.24. The zero-order chi connectivity index (χ0) is 7.68. The third-order valence-corrected chi connectivity index (χ3v) is 1.58. The summed E-state index contributed by atoms with van der Waals surface area (Å²) in [6.45, 7) is 0.331. The molecule has 0 unspecified atom stereocenters. The van der Waals surface area contributed by atoms with Crippen LogP contribution >= 0.6 is 0 Å². The lowest BCUT2D eigenvalue weighted by molar-refractivity contribution is 0.313. The number of ether oxygens (including phenoxy) is 1. The summed E-state index contributed by atoms with van der Waals surface area (Å²) < 4.78 is 5.15. The molecule has 0 aromatic carbocycles. The highest BCUT2D eigenvalue weighted by molar-refractivity contribution is 6.05. The molecule has 2 heterocycles. The molecule has 1 aliphatic rings. The molecule has 0 amide bonds. The van der Waals surface area contributed by atoms with Crippen molar-refractivity contribution in [2.24, 2.45) is 5.16 Å². The van der Waals surface area contributed by atoms with Crippen LogP contribution < -0.4 is 4.74 Å². The van der Waals surface area contributed by atoms with Crippen LogP contribution in [0.5, 0.6) is 5.75 Å². The summed E-state index contributed by atoms with van der Waals surface area (Å²) in [4.78, 5) is 3.86. The van der Waals surface area contributed by atoms with Crippen molar-refractivity contribution in [1.29, 1.82) is 0 Å². The van der Waals surface area contributed by atoms with Crippen LogP contribution in [0.1, 0.15) is 5.56 Å². The molecular weight excluding hydrogens is 144 g/mol. The van der Waals surface area contributed by atoms with Crippen LogP contribution in [0.4, 0.5) is 0 Å². The van der Waals surface area contributed by atoms with Crippen LogP contribution in [0.3, 0.4) is 0 Å². The van der Waals surface area contributed by atoms with Gasteiger partial charge in [0.25, 0.3) is 0 Å². The minimum atomic E-state index is 0.331. The molecule has 4 nitrogen and oxygen atoms in total. The second-order valence-electron chi connectivity index (χ2n) is 2.21. The van der Waals surface area contributed by atoms with Gasteiger partial charge in [0, 0.05) is 11.8 Å². The first-order chi connectivity index (χ1) is 5.42. The first-order valence-electron chi connectivity index (χ1n) is 3.20. The van der Waals surface area contributed by atoms with Gasteiger partial charge in [-0.3, -0.25) is 4.98 Å². The van der Waals surface area contributed by atoms with E-state index in [2.05, 4.69) is 10.1 Å². The Labute approximate surface area is 63.1 Å². The van der Waals surface area contributed by atoms with Gasteiger partial charge in [0.1, 0.15) is 18.1 Å². The monoisotopic (exact) mass is 150 g/mol. The van der Waals surface area contributed by atoms with E-state index in [1.54, 1.807) is 18.5 Å². The molecule has 1 aromatic rings. The van der Waals surface area contributed by atoms with E-state index in [-0.39, 0.29) is 0 Å². The smallest absolute Gasteiger partial charge is 0.147 e. The van der Waals surface area contributed by atoms with Gasteiger partial charge in [-0.2, -0.15) is 0 Å². The fourth-order valence-corrected chi connectivity index (χ4v) is 1.04. The van der Waals surface area contributed by atoms with Gasteiger partial charge in [0.05, 0.1) is 6.20 Å². The van der Waals surface area contributed by atoms with Crippen molar-refractivity contribution in [3.8, 4) is 5.75 Å². The summed E-state index contributed by atoms with van der Waals surface area (Å²) in [6, 6.07) is 1.76. The average molecular weight is 150 g/mol. The van der Waals surface area contributed by atoms with E-state index >= 15 is 0 Å². The molecule has 0 spiro atoms. The first-order valence-corrected chi connectivity index (χ1v) is 3.20. The second-order valence-corrected chi connectivity index (χ2v) is 2.21. The van der Waals surface area contributed by atoms with Gasteiger partial charge in [-0.1, -0.05) is 5.16 Å². The Morgan fingerprint density at radius 1 is 1.64 bits per heavy atom. The lowest BCUT2D eigenvalue weighted by Gasteiger charge is -1.92. The van der Waals surface area contributed by atoms with E-state index in [4.69, 9.17) is 9.94 Å². The third-order valence-electron chi connectivity index (χ3n) is 1.58. The van der Waals surface area contributed by atoms with Gasteiger partial charge < -0.3 is 9.94 Å². The molecule has 1 N–H and O–H groups in total. The number of rotatable bonds is 0. The SMILES string of the molecule is O/N=C1/COc2cnccc21. The number of oxime groups is 1. The van der Waals surface area contributed by atoms with E-state index in [1.807, 2.05) is 0 Å². The summed E-state index contributed by atoms with van der Waals surface area (Å²) in [5.74, 6) is 0.681. The maximum absolute atomic E-state index is 8.50. The minimum absolute atomic E-state index is 0.331. The Hall–Kier alpha value is -1.58. The molecule has 0 fully saturated rings. The number of fused-ring (bicyclic) bond motifs is 1. The summed E-state index contributed by atoms with van der Waals surface area (Å²) in [7, 11) is 0. The molecule has 56 valence electrons. The zero-order valence-electron chi connectivity index (χ0n) is 5.69. The van der Waals surface area contributed by atoms with Gasteiger partial charge in [-0.25, -0.2) is 0 Å². The zero-order valence-corrected chi connectivity index (χ0v) is 5.69. The Kier molecular flexibility index (Phi) is 1.25. The van der Waals surface area contributed by atoms with Crippen LogP contribution in [0, 0.1) is 0 Å². The van der Waals surface area contributed by atoms with Gasteiger partial charge >= 0.3 is 0 Å². The highest BCUT2D eigenvalue weighted by Gasteiger charge is 2.18. The number of hydrogen-bond donors (Lipinski definition) is 1. The molecule has 0 bridgehead atoms. The average Bonchev–Trinajstić information content (AvgIpc) is 2.47. The van der Waals surface area contributed by atoms with Gasteiger partial charge in [-0.05, 0) is 6.07 Å². The molecule has 0 radical (unpaired) electrons. The predicted molar refractivity (Wildman–Crippen MR) is 38.1 cm³/mol. The maximum atomic E-state index is 8.50. The summed E-state index contributed by atoms with van der Waals surface area (Å²) in [5.41, 5.74) is 1.38. The van der Waals surface area contributed by atoms with Crippen molar-refractivity contribution >= 4 is 5.71 Å². The third kappa shape index (κ3) is 0.832. The van der Waals surface area contributed by atoms with E-state index < -0.39 is 0 Å². The van der Waals surface area contributed by atoms with Crippen molar-refractivity contribution in [1.82, 2.24) is 4.98 Å². The Morgan fingerprint density at radius 3 is 3.36 bits per heavy atom. The molecule has 0 saturated heterocycles. The molecule has 0 saturated carbocycles. The van der Waals surface area contributed by atoms with Crippen LogP contribution in [0.25, 0.3) is 0 Å². The lowest BCUT2D eigenvalue weighted by Crippen LogP contribution is -2.01. The van der Waals surface area contributed by atoms with Crippen LogP contribution in [0.15, 0.2) is 23.6 Å². The fraction of sp³-hybridized carbons (Fsp3) is 0.143. The molecule has 1 aromatic heterocycles. The van der Waals surface area contributed by atoms with Crippen LogP contribution in [-0.2, 0) is 0 Å². The number of hydrogen-bond acceptors (Lipinski definition) is 4. The largest absolute Gasteiger partial charge is 0.485 e. The highest BCUT2D eigenvalue weighted by atomic mass is 16.5. The van der Waals surface area contributed by atoms with E-state index in [0.717, 1.165) is 5.56 Å². The second kappa shape index (κ2) is 2.23. The topological polar surface area (TPSA) is 54.7 Å². The van der Waals surface area contributed by atoms with Crippen molar-refractivity contribution in [3.05, 3.63) is 24.0 Å². The van der Waals surface area contributed by atoms with Crippen molar-refractivity contribution in [3.63, 3.8) is 0 Å². The first kappa shape index (κ1) is 6.15. The number of nitrogens with zero attached hydrogens (tertiary/aromatic N) is 2. The van der Waals surface area contributed by atoms with Crippen molar-refractivity contribution in [2.75, 3.05) is 6.61 Å². The molecule has 2 rings (SSSR count). The fourth-order valence-electron chi connectivity index (χ4n) is 1.04. The minimum Gasteiger partial charge on any atom is -0.485 e. The lowest BCUT2D eigenvalue weighted by atomic mass is 10.2. The molecule has 0 atom stereocenters. The van der Waals surface area contributed by atoms with Crippen LogP contribution in [-0.4, -0.2) is 22.5 Å². The van der Waals surface area contributed by atoms with Crippen LogP contribution in [0.2, 0.25) is 0 Å². The number of pyridine rings is 1.